The minimum Gasteiger partial charge on any atom is -0.493 e. The van der Waals surface area contributed by atoms with Crippen molar-refractivity contribution in [2.75, 3.05) is 6.61 Å². The lowest BCUT2D eigenvalue weighted by molar-refractivity contribution is 0.318. The van der Waals surface area contributed by atoms with Crippen molar-refractivity contribution in [3.63, 3.8) is 0 Å². The second kappa shape index (κ2) is 6.68. The molecule has 2 N–H and O–H groups in total. The standard InChI is InChI=1S/C15H20N2OS/c1-11(16)9-13-5-3-4-6-14(13)18-8-7-15-12(2)17-10-19-15/h3-6,10-11H,7-9,16H2,1-2H3. The Kier molecular flexibility index (Phi) is 4.93. The van der Waals surface area contributed by atoms with Crippen LogP contribution >= 0.6 is 11.3 Å². The molecule has 1 heterocycles. The van der Waals surface area contributed by atoms with Gasteiger partial charge in [0.15, 0.2) is 0 Å². The number of aromatic nitrogens is 1. The molecule has 0 aliphatic heterocycles. The number of hydrogen-bond donors (Lipinski definition) is 1. The maximum atomic E-state index is 5.89. The van der Waals surface area contributed by atoms with Crippen molar-refractivity contribution >= 4 is 11.3 Å². The molecule has 1 aromatic heterocycles. The van der Waals surface area contributed by atoms with Gasteiger partial charge in [-0.05, 0) is 31.9 Å². The van der Waals surface area contributed by atoms with Crippen molar-refractivity contribution in [3.8, 4) is 5.75 Å². The molecule has 0 saturated heterocycles. The second-order valence-electron chi connectivity index (χ2n) is 4.75. The summed E-state index contributed by atoms with van der Waals surface area (Å²) in [6, 6.07) is 8.26. The largest absolute Gasteiger partial charge is 0.493 e. The van der Waals surface area contributed by atoms with Gasteiger partial charge in [-0.15, -0.1) is 11.3 Å². The Balaban J connectivity index is 1.94. The predicted octanol–water partition coefficient (Wildman–Crippen LogP) is 2.96. The Bertz CT molecular complexity index is 522. The number of nitrogens with zero attached hydrogens (tertiary/aromatic N) is 1. The molecule has 1 unspecified atom stereocenters. The Labute approximate surface area is 118 Å². The van der Waals surface area contributed by atoms with Gasteiger partial charge in [-0.3, -0.25) is 0 Å². The van der Waals surface area contributed by atoms with Crippen LogP contribution < -0.4 is 10.5 Å². The van der Waals surface area contributed by atoms with Crippen LogP contribution in [0.5, 0.6) is 5.75 Å². The van der Waals surface area contributed by atoms with E-state index in [-0.39, 0.29) is 6.04 Å². The molecule has 0 bridgehead atoms. The van der Waals surface area contributed by atoms with Gasteiger partial charge >= 0.3 is 0 Å². The highest BCUT2D eigenvalue weighted by Crippen LogP contribution is 2.20. The summed E-state index contributed by atoms with van der Waals surface area (Å²) >= 11 is 1.69. The van der Waals surface area contributed by atoms with Crippen LogP contribution in [-0.2, 0) is 12.8 Å². The van der Waals surface area contributed by atoms with Crippen LogP contribution in [0, 0.1) is 6.92 Å². The molecule has 0 aliphatic rings. The highest BCUT2D eigenvalue weighted by molar-refractivity contribution is 7.09. The summed E-state index contributed by atoms with van der Waals surface area (Å²) in [7, 11) is 0. The smallest absolute Gasteiger partial charge is 0.122 e. The van der Waals surface area contributed by atoms with Gasteiger partial charge in [-0.1, -0.05) is 18.2 Å². The van der Waals surface area contributed by atoms with E-state index >= 15 is 0 Å². The van der Waals surface area contributed by atoms with Gasteiger partial charge in [-0.2, -0.15) is 0 Å². The summed E-state index contributed by atoms with van der Waals surface area (Å²) in [4.78, 5) is 5.54. The average molecular weight is 276 g/mol. The first-order chi connectivity index (χ1) is 9.16. The predicted molar refractivity (Wildman–Crippen MR) is 79.8 cm³/mol. The van der Waals surface area contributed by atoms with Gasteiger partial charge in [0.25, 0.3) is 0 Å². The summed E-state index contributed by atoms with van der Waals surface area (Å²) in [6.07, 6.45) is 1.75. The quantitative estimate of drug-likeness (QED) is 0.882. The normalized spacial score (nSPS) is 12.4. The SMILES string of the molecule is Cc1ncsc1CCOc1ccccc1CC(C)N. The number of benzene rings is 1. The molecule has 0 radical (unpaired) electrons. The molecule has 0 spiro atoms. The first-order valence-corrected chi connectivity index (χ1v) is 7.40. The lowest BCUT2D eigenvalue weighted by Crippen LogP contribution is -2.18. The first kappa shape index (κ1) is 14.0. The van der Waals surface area contributed by atoms with Crippen molar-refractivity contribution < 1.29 is 4.74 Å². The number of ether oxygens (including phenoxy) is 1. The fourth-order valence-corrected chi connectivity index (χ4v) is 2.74. The van der Waals surface area contributed by atoms with E-state index < -0.39 is 0 Å². The zero-order valence-electron chi connectivity index (χ0n) is 11.4. The Morgan fingerprint density at radius 1 is 1.37 bits per heavy atom. The number of rotatable bonds is 6. The Morgan fingerprint density at radius 3 is 2.84 bits per heavy atom. The summed E-state index contributed by atoms with van der Waals surface area (Å²) in [5, 5.41) is 0. The van der Waals surface area contributed by atoms with Crippen LogP contribution in [0.15, 0.2) is 29.8 Å². The first-order valence-electron chi connectivity index (χ1n) is 6.52. The summed E-state index contributed by atoms with van der Waals surface area (Å²) < 4.78 is 5.89. The fourth-order valence-electron chi connectivity index (χ4n) is 1.98. The third-order valence-corrected chi connectivity index (χ3v) is 3.94. The Hall–Kier alpha value is -1.39. The molecule has 3 nitrogen and oxygen atoms in total. The monoisotopic (exact) mass is 276 g/mol. The zero-order valence-corrected chi connectivity index (χ0v) is 12.2. The van der Waals surface area contributed by atoms with Gasteiger partial charge in [0.2, 0.25) is 0 Å². The third kappa shape index (κ3) is 4.04. The van der Waals surface area contributed by atoms with Crippen LogP contribution in [0.1, 0.15) is 23.1 Å². The molecule has 4 heteroatoms. The van der Waals surface area contributed by atoms with E-state index in [1.165, 1.54) is 10.4 Å². The van der Waals surface area contributed by atoms with Gasteiger partial charge in [0, 0.05) is 17.3 Å². The molecule has 0 amide bonds. The number of para-hydroxylation sites is 1. The van der Waals surface area contributed by atoms with Crippen LogP contribution in [-0.4, -0.2) is 17.6 Å². The van der Waals surface area contributed by atoms with Crippen molar-refractivity contribution in [1.82, 2.24) is 4.98 Å². The number of nitrogens with two attached hydrogens (primary N) is 1. The minimum absolute atomic E-state index is 0.147. The fraction of sp³-hybridized carbons (Fsp3) is 0.400. The molecular formula is C15H20N2OS. The zero-order chi connectivity index (χ0) is 13.7. The lowest BCUT2D eigenvalue weighted by atomic mass is 10.1. The number of thiazole rings is 1. The molecule has 1 atom stereocenters. The van der Waals surface area contributed by atoms with E-state index in [2.05, 4.69) is 11.1 Å². The maximum absolute atomic E-state index is 5.89. The van der Waals surface area contributed by atoms with Crippen molar-refractivity contribution in [3.05, 3.63) is 45.9 Å². The van der Waals surface area contributed by atoms with E-state index in [4.69, 9.17) is 10.5 Å². The van der Waals surface area contributed by atoms with Crippen molar-refractivity contribution in [1.29, 1.82) is 0 Å². The van der Waals surface area contributed by atoms with Crippen molar-refractivity contribution in [2.24, 2.45) is 5.73 Å². The average Bonchev–Trinajstić information content (AvgIpc) is 2.77. The molecule has 0 fully saturated rings. The van der Waals surface area contributed by atoms with E-state index in [1.54, 1.807) is 11.3 Å². The molecule has 102 valence electrons. The molecular weight excluding hydrogens is 256 g/mol. The highest BCUT2D eigenvalue weighted by Gasteiger charge is 2.06. The van der Waals surface area contributed by atoms with Crippen LogP contribution in [0.2, 0.25) is 0 Å². The van der Waals surface area contributed by atoms with Crippen LogP contribution in [0.3, 0.4) is 0 Å². The molecule has 19 heavy (non-hydrogen) atoms. The van der Waals surface area contributed by atoms with E-state index in [9.17, 15) is 0 Å². The van der Waals surface area contributed by atoms with E-state index in [0.717, 1.165) is 24.3 Å². The molecule has 0 saturated carbocycles. The molecule has 1 aromatic carbocycles. The lowest BCUT2D eigenvalue weighted by Gasteiger charge is -2.12. The number of aryl methyl sites for hydroxylation is 1. The summed E-state index contributed by atoms with van der Waals surface area (Å²) in [5.74, 6) is 0.946. The van der Waals surface area contributed by atoms with E-state index in [1.807, 2.05) is 37.6 Å². The molecule has 0 aliphatic carbocycles. The van der Waals surface area contributed by atoms with E-state index in [0.29, 0.717) is 6.61 Å². The van der Waals surface area contributed by atoms with Crippen LogP contribution in [0.4, 0.5) is 0 Å². The Morgan fingerprint density at radius 2 is 2.16 bits per heavy atom. The summed E-state index contributed by atoms with van der Waals surface area (Å²) in [5.41, 5.74) is 10.0. The maximum Gasteiger partial charge on any atom is 0.122 e. The van der Waals surface area contributed by atoms with Gasteiger partial charge in [0.05, 0.1) is 17.8 Å². The van der Waals surface area contributed by atoms with Gasteiger partial charge in [0.1, 0.15) is 5.75 Å². The van der Waals surface area contributed by atoms with Gasteiger partial charge in [-0.25, -0.2) is 4.98 Å². The summed E-state index contributed by atoms with van der Waals surface area (Å²) in [6.45, 7) is 4.73. The molecule has 2 rings (SSSR count). The molecule has 2 aromatic rings. The minimum atomic E-state index is 0.147. The topological polar surface area (TPSA) is 48.1 Å². The van der Waals surface area contributed by atoms with Crippen molar-refractivity contribution in [2.45, 2.75) is 32.7 Å². The van der Waals surface area contributed by atoms with Crippen LogP contribution in [0.25, 0.3) is 0 Å². The third-order valence-electron chi connectivity index (χ3n) is 2.95. The van der Waals surface area contributed by atoms with Gasteiger partial charge < -0.3 is 10.5 Å². The number of hydrogen-bond acceptors (Lipinski definition) is 4. The highest BCUT2D eigenvalue weighted by atomic mass is 32.1. The second-order valence-corrected chi connectivity index (χ2v) is 5.69.